The second-order valence-electron chi connectivity index (χ2n) is 5.14. The lowest BCUT2D eigenvalue weighted by Gasteiger charge is -2.19. The van der Waals surface area contributed by atoms with Crippen LogP contribution in [0, 0.1) is 0 Å². The first-order valence-electron chi connectivity index (χ1n) is 7.38. The average Bonchev–Trinajstić information content (AvgIpc) is 2.59. The minimum atomic E-state index is -0.229. The van der Waals surface area contributed by atoms with Gasteiger partial charge in [-0.25, -0.2) is 0 Å². The summed E-state index contributed by atoms with van der Waals surface area (Å²) in [5.41, 5.74) is 1.91. The summed E-state index contributed by atoms with van der Waals surface area (Å²) in [7, 11) is 1.53. The van der Waals surface area contributed by atoms with E-state index >= 15 is 0 Å². The van der Waals surface area contributed by atoms with Crippen LogP contribution in [0.15, 0.2) is 54.6 Å². The third kappa shape index (κ3) is 4.83. The normalized spacial score (nSPS) is 11.6. The molecule has 2 N–H and O–H groups in total. The van der Waals surface area contributed by atoms with Gasteiger partial charge >= 0.3 is 0 Å². The highest BCUT2D eigenvalue weighted by Crippen LogP contribution is 2.32. The van der Waals surface area contributed by atoms with Crippen LogP contribution in [-0.2, 0) is 9.59 Å². The summed E-state index contributed by atoms with van der Waals surface area (Å²) in [5.74, 6) is -0.579. The third-order valence-electron chi connectivity index (χ3n) is 3.60. The van der Waals surface area contributed by atoms with Gasteiger partial charge in [0, 0.05) is 24.4 Å². The van der Waals surface area contributed by atoms with Gasteiger partial charge in [0.1, 0.15) is 0 Å². The van der Waals surface area contributed by atoms with Crippen molar-refractivity contribution in [2.75, 3.05) is 13.6 Å². The van der Waals surface area contributed by atoms with Crippen LogP contribution in [-0.4, -0.2) is 25.4 Å². The maximum absolute atomic E-state index is 12.2. The Kier molecular flexibility index (Phi) is 6.18. The molecule has 2 rings (SSSR count). The lowest BCUT2D eigenvalue weighted by atomic mass is 9.88. The van der Waals surface area contributed by atoms with Crippen molar-refractivity contribution >= 4 is 23.4 Å². The molecular weight excluding hydrogens is 312 g/mol. The minimum Gasteiger partial charge on any atom is -0.358 e. The standard InChI is InChI=1S/C18H19ClN2O2/c1-20-18(23)12-21-17(22)11-15(13-7-3-2-4-8-13)14-9-5-6-10-16(14)19/h2-10,15H,11-12H2,1H3,(H,20,23)(H,21,22)/t15-/m1/s1. The van der Waals surface area contributed by atoms with Crippen molar-refractivity contribution in [3.8, 4) is 0 Å². The third-order valence-corrected chi connectivity index (χ3v) is 3.94. The van der Waals surface area contributed by atoms with Gasteiger partial charge < -0.3 is 10.6 Å². The van der Waals surface area contributed by atoms with E-state index in [4.69, 9.17) is 11.6 Å². The first-order valence-corrected chi connectivity index (χ1v) is 7.76. The smallest absolute Gasteiger partial charge is 0.239 e. The number of nitrogens with one attached hydrogen (secondary N) is 2. The molecule has 0 fully saturated rings. The van der Waals surface area contributed by atoms with Gasteiger partial charge in [-0.05, 0) is 17.2 Å². The van der Waals surface area contributed by atoms with E-state index in [1.54, 1.807) is 0 Å². The molecule has 0 unspecified atom stereocenters. The maximum Gasteiger partial charge on any atom is 0.239 e. The highest BCUT2D eigenvalue weighted by atomic mass is 35.5. The average molecular weight is 331 g/mol. The van der Waals surface area contributed by atoms with Crippen molar-refractivity contribution in [1.82, 2.24) is 10.6 Å². The lowest BCUT2D eigenvalue weighted by Crippen LogP contribution is -2.35. The topological polar surface area (TPSA) is 58.2 Å². The molecule has 0 aliphatic carbocycles. The quantitative estimate of drug-likeness (QED) is 0.855. The van der Waals surface area contributed by atoms with Crippen molar-refractivity contribution in [3.63, 3.8) is 0 Å². The molecule has 23 heavy (non-hydrogen) atoms. The highest BCUT2D eigenvalue weighted by molar-refractivity contribution is 6.31. The Bertz CT molecular complexity index is 674. The van der Waals surface area contributed by atoms with Crippen LogP contribution in [0.5, 0.6) is 0 Å². The number of halogens is 1. The number of amides is 2. The number of hydrogen-bond acceptors (Lipinski definition) is 2. The van der Waals surface area contributed by atoms with Crippen LogP contribution in [0.1, 0.15) is 23.5 Å². The summed E-state index contributed by atoms with van der Waals surface area (Å²) in [4.78, 5) is 23.4. The molecule has 0 bridgehead atoms. The second-order valence-corrected chi connectivity index (χ2v) is 5.55. The molecule has 0 saturated carbocycles. The van der Waals surface area contributed by atoms with Crippen LogP contribution in [0.3, 0.4) is 0 Å². The Balaban J connectivity index is 2.20. The molecule has 2 aromatic carbocycles. The summed E-state index contributed by atoms with van der Waals surface area (Å²) in [6, 6.07) is 17.2. The summed E-state index contributed by atoms with van der Waals surface area (Å²) in [6.45, 7) is -0.0284. The van der Waals surface area contributed by atoms with Crippen LogP contribution in [0.4, 0.5) is 0 Å². The SMILES string of the molecule is CNC(=O)CNC(=O)C[C@H](c1ccccc1)c1ccccc1Cl. The van der Waals surface area contributed by atoms with Gasteiger partial charge in [-0.3, -0.25) is 9.59 Å². The van der Waals surface area contributed by atoms with E-state index in [1.807, 2.05) is 54.6 Å². The first kappa shape index (κ1) is 17.0. The summed E-state index contributed by atoms with van der Waals surface area (Å²) < 4.78 is 0. The van der Waals surface area contributed by atoms with Gasteiger partial charge in [0.2, 0.25) is 11.8 Å². The predicted molar refractivity (Wildman–Crippen MR) is 91.4 cm³/mol. The van der Waals surface area contributed by atoms with Crippen molar-refractivity contribution < 1.29 is 9.59 Å². The van der Waals surface area contributed by atoms with Crippen molar-refractivity contribution in [2.24, 2.45) is 0 Å². The molecular formula is C18H19ClN2O2. The molecule has 0 radical (unpaired) electrons. The Morgan fingerprint density at radius 2 is 1.65 bits per heavy atom. The van der Waals surface area contributed by atoms with Gasteiger partial charge in [0.25, 0.3) is 0 Å². The molecule has 0 spiro atoms. The van der Waals surface area contributed by atoms with Gasteiger partial charge in [-0.15, -0.1) is 0 Å². The number of hydrogen-bond donors (Lipinski definition) is 2. The summed E-state index contributed by atoms with van der Waals surface area (Å²) in [5, 5.41) is 5.73. The first-order chi connectivity index (χ1) is 11.1. The van der Waals surface area contributed by atoms with Crippen molar-refractivity contribution in [1.29, 1.82) is 0 Å². The zero-order valence-corrected chi connectivity index (χ0v) is 13.6. The van der Waals surface area contributed by atoms with E-state index in [0.29, 0.717) is 5.02 Å². The van der Waals surface area contributed by atoms with Crippen LogP contribution < -0.4 is 10.6 Å². The van der Waals surface area contributed by atoms with Crippen LogP contribution in [0.2, 0.25) is 5.02 Å². The molecule has 4 nitrogen and oxygen atoms in total. The molecule has 2 aromatic rings. The Hall–Kier alpha value is -2.33. The number of carbonyl (C=O) groups excluding carboxylic acids is 2. The molecule has 0 saturated heterocycles. The number of likely N-dealkylation sites (N-methyl/N-ethyl adjacent to an activating group) is 1. The Morgan fingerprint density at radius 3 is 2.30 bits per heavy atom. The molecule has 2 amide bonds. The molecule has 1 atom stereocenters. The van der Waals surface area contributed by atoms with Gasteiger partial charge in [0.05, 0.1) is 6.54 Å². The highest BCUT2D eigenvalue weighted by Gasteiger charge is 2.20. The van der Waals surface area contributed by atoms with E-state index in [9.17, 15) is 9.59 Å². The molecule has 0 heterocycles. The van der Waals surface area contributed by atoms with Gasteiger partial charge in [-0.1, -0.05) is 60.1 Å². The fraction of sp³-hybridized carbons (Fsp3) is 0.222. The Morgan fingerprint density at radius 1 is 1.00 bits per heavy atom. The molecule has 0 aliphatic heterocycles. The summed E-state index contributed by atoms with van der Waals surface area (Å²) in [6.07, 6.45) is 0.227. The maximum atomic E-state index is 12.2. The van der Waals surface area contributed by atoms with Crippen LogP contribution >= 0.6 is 11.6 Å². The van der Waals surface area contributed by atoms with E-state index in [2.05, 4.69) is 10.6 Å². The number of rotatable bonds is 6. The fourth-order valence-corrected chi connectivity index (χ4v) is 2.64. The lowest BCUT2D eigenvalue weighted by molar-refractivity contribution is -0.126. The molecule has 5 heteroatoms. The predicted octanol–water partition coefficient (Wildman–Crippen LogP) is 2.72. The fourth-order valence-electron chi connectivity index (χ4n) is 2.38. The summed E-state index contributed by atoms with van der Waals surface area (Å²) >= 11 is 6.31. The van der Waals surface area contributed by atoms with E-state index < -0.39 is 0 Å². The number of benzene rings is 2. The van der Waals surface area contributed by atoms with E-state index in [1.165, 1.54) is 7.05 Å². The van der Waals surface area contributed by atoms with Gasteiger partial charge in [-0.2, -0.15) is 0 Å². The van der Waals surface area contributed by atoms with E-state index in [-0.39, 0.29) is 30.7 Å². The van der Waals surface area contributed by atoms with Crippen molar-refractivity contribution in [3.05, 3.63) is 70.7 Å². The zero-order chi connectivity index (χ0) is 16.7. The zero-order valence-electron chi connectivity index (χ0n) is 12.9. The van der Waals surface area contributed by atoms with Crippen molar-refractivity contribution in [2.45, 2.75) is 12.3 Å². The molecule has 0 aromatic heterocycles. The minimum absolute atomic E-state index is 0.0284. The Labute approximate surface area is 140 Å². The van der Waals surface area contributed by atoms with Gasteiger partial charge in [0.15, 0.2) is 0 Å². The second kappa shape index (κ2) is 8.34. The van der Waals surface area contributed by atoms with E-state index in [0.717, 1.165) is 11.1 Å². The largest absolute Gasteiger partial charge is 0.358 e. The molecule has 0 aliphatic rings. The molecule has 120 valence electrons. The number of carbonyl (C=O) groups is 2. The van der Waals surface area contributed by atoms with Crippen LogP contribution in [0.25, 0.3) is 0 Å². The monoisotopic (exact) mass is 330 g/mol.